The molecule has 0 saturated heterocycles. The van der Waals surface area contributed by atoms with E-state index in [0.717, 1.165) is 14.7 Å². The van der Waals surface area contributed by atoms with Crippen LogP contribution in [0.25, 0.3) is 6.08 Å². The van der Waals surface area contributed by atoms with E-state index in [4.69, 9.17) is 19.2 Å². The number of thiazole rings is 1. The van der Waals surface area contributed by atoms with Crippen LogP contribution < -0.4 is 24.4 Å². The molecule has 1 aromatic heterocycles. The van der Waals surface area contributed by atoms with Crippen LogP contribution in [0.4, 0.5) is 4.39 Å². The van der Waals surface area contributed by atoms with Crippen molar-refractivity contribution in [2.75, 3.05) is 13.7 Å². The fourth-order valence-corrected chi connectivity index (χ4v) is 6.61. The van der Waals surface area contributed by atoms with Crippen molar-refractivity contribution >= 4 is 46.0 Å². The van der Waals surface area contributed by atoms with Gasteiger partial charge in [0.2, 0.25) is 0 Å². The average Bonchev–Trinajstić information content (AvgIpc) is 3.30. The van der Waals surface area contributed by atoms with Gasteiger partial charge in [-0.05, 0) is 71.3 Å². The van der Waals surface area contributed by atoms with Crippen molar-refractivity contribution in [2.45, 2.75) is 32.9 Å². The first kappa shape index (κ1) is 29.7. The average molecular weight is 699 g/mol. The number of carbonyl (C=O) groups excluding carboxylic acids is 1. The molecule has 1 aliphatic rings. The fraction of sp³-hybridized carbons (Fsp3) is 0.219. The van der Waals surface area contributed by atoms with E-state index in [1.807, 2.05) is 50.2 Å². The van der Waals surface area contributed by atoms with Crippen LogP contribution in [0.15, 0.2) is 87.8 Å². The van der Waals surface area contributed by atoms with Gasteiger partial charge in [-0.1, -0.05) is 66.8 Å². The highest BCUT2D eigenvalue weighted by Gasteiger charge is 2.33. The molecule has 0 bridgehead atoms. The minimum atomic E-state index is -0.666. The van der Waals surface area contributed by atoms with Crippen molar-refractivity contribution in [2.24, 2.45) is 4.99 Å². The van der Waals surface area contributed by atoms with E-state index in [1.54, 1.807) is 34.9 Å². The maximum atomic E-state index is 14.2. The first-order valence-corrected chi connectivity index (χ1v) is 15.3. The molecule has 42 heavy (non-hydrogen) atoms. The number of halogens is 2. The molecule has 216 valence electrons. The third-order valence-electron chi connectivity index (χ3n) is 6.72. The monoisotopic (exact) mass is 698 g/mol. The third-order valence-corrected chi connectivity index (χ3v) is 8.51. The Bertz CT molecular complexity index is 1850. The van der Waals surface area contributed by atoms with E-state index in [0.29, 0.717) is 50.7 Å². The summed E-state index contributed by atoms with van der Waals surface area (Å²) in [7, 11) is 1.33. The largest absolute Gasteiger partial charge is 0.490 e. The summed E-state index contributed by atoms with van der Waals surface area (Å²) >= 11 is 3.41. The van der Waals surface area contributed by atoms with Crippen molar-refractivity contribution in [1.82, 2.24) is 4.57 Å². The Labute approximate surface area is 259 Å². The quantitative estimate of drug-likeness (QED) is 0.170. The van der Waals surface area contributed by atoms with Gasteiger partial charge >= 0.3 is 5.97 Å². The maximum absolute atomic E-state index is 14.2. The van der Waals surface area contributed by atoms with Crippen molar-refractivity contribution in [1.29, 1.82) is 0 Å². The van der Waals surface area contributed by atoms with Crippen LogP contribution in [0, 0.1) is 9.39 Å². The van der Waals surface area contributed by atoms with Crippen LogP contribution in [0.2, 0.25) is 0 Å². The van der Waals surface area contributed by atoms with Gasteiger partial charge in [-0.3, -0.25) is 9.36 Å². The molecule has 3 aromatic carbocycles. The standard InChI is InChI=1S/C32H28FIN2O5S/c1-4-24-27(31(38)39-3)28(20-11-7-6-8-12-20)36-30(37)26(42-32(36)35-24)17-19-15-23(34)29(25(16-19)40-5-2)41-18-21-13-9-10-14-22(21)33/h6-17,28H,4-5,18H2,1-3H3/b26-17-/t28-/m0/s1. The summed E-state index contributed by atoms with van der Waals surface area (Å²) < 4.78 is 33.9. The summed E-state index contributed by atoms with van der Waals surface area (Å²) in [4.78, 5) is 32.1. The lowest BCUT2D eigenvalue weighted by atomic mass is 9.95. The number of fused-ring (bicyclic) bond motifs is 1. The molecule has 0 fully saturated rings. The van der Waals surface area contributed by atoms with Crippen molar-refractivity contribution in [3.8, 4) is 11.5 Å². The zero-order valence-electron chi connectivity index (χ0n) is 23.2. The number of methoxy groups -OCH3 is 1. The van der Waals surface area contributed by atoms with Crippen molar-refractivity contribution in [3.05, 3.63) is 124 Å². The molecule has 0 radical (unpaired) electrons. The summed E-state index contributed by atoms with van der Waals surface area (Å²) in [6.45, 7) is 4.23. The van der Waals surface area contributed by atoms with Crippen LogP contribution in [-0.2, 0) is 16.1 Å². The lowest BCUT2D eigenvalue weighted by molar-refractivity contribution is -0.136. The van der Waals surface area contributed by atoms with Crippen LogP contribution in [-0.4, -0.2) is 24.3 Å². The van der Waals surface area contributed by atoms with E-state index in [1.165, 1.54) is 24.5 Å². The first-order chi connectivity index (χ1) is 20.4. The van der Waals surface area contributed by atoms with E-state index < -0.39 is 12.0 Å². The number of ether oxygens (including phenoxy) is 3. The number of aromatic nitrogens is 1. The molecular weight excluding hydrogens is 670 g/mol. The van der Waals surface area contributed by atoms with Gasteiger partial charge in [0.1, 0.15) is 12.4 Å². The number of nitrogens with zero attached hydrogens (tertiary/aromatic N) is 2. The molecule has 0 N–H and O–H groups in total. The number of carbonyl (C=O) groups is 1. The van der Waals surface area contributed by atoms with E-state index in [9.17, 15) is 14.0 Å². The number of esters is 1. The third kappa shape index (κ3) is 5.91. The van der Waals surface area contributed by atoms with Crippen LogP contribution in [0.1, 0.15) is 43.0 Å². The summed E-state index contributed by atoms with van der Waals surface area (Å²) in [5.41, 5.74) is 2.63. The Morgan fingerprint density at radius 3 is 2.52 bits per heavy atom. The van der Waals surface area contributed by atoms with Gasteiger partial charge in [-0.25, -0.2) is 14.2 Å². The molecular formula is C32H28FIN2O5S. The zero-order chi connectivity index (χ0) is 29.8. The van der Waals surface area contributed by atoms with E-state index in [2.05, 4.69) is 22.6 Å². The Hall–Kier alpha value is -3.77. The fourth-order valence-electron chi connectivity index (χ4n) is 4.81. The summed E-state index contributed by atoms with van der Waals surface area (Å²) in [5.74, 6) is 0.135. The number of rotatable bonds is 9. The van der Waals surface area contributed by atoms with Crippen LogP contribution in [0.5, 0.6) is 11.5 Å². The summed E-state index contributed by atoms with van der Waals surface area (Å²) in [6, 6.07) is 18.9. The van der Waals surface area contributed by atoms with Crippen molar-refractivity contribution < 1.29 is 23.4 Å². The molecule has 0 aliphatic carbocycles. The van der Waals surface area contributed by atoms with E-state index in [-0.39, 0.29) is 18.0 Å². The molecule has 5 rings (SSSR count). The SMILES string of the molecule is CCOc1cc(/C=c2\sc3n(c2=O)[C@@H](c2ccccc2)C(C(=O)OC)=C(CC)N=3)cc(I)c1OCc1ccccc1F. The van der Waals surface area contributed by atoms with Gasteiger partial charge < -0.3 is 14.2 Å². The molecule has 4 aromatic rings. The van der Waals surface area contributed by atoms with Crippen LogP contribution in [0.3, 0.4) is 0 Å². The van der Waals surface area contributed by atoms with Crippen LogP contribution >= 0.6 is 33.9 Å². The van der Waals surface area contributed by atoms with E-state index >= 15 is 0 Å². The van der Waals surface area contributed by atoms with Gasteiger partial charge in [0.15, 0.2) is 16.3 Å². The predicted molar refractivity (Wildman–Crippen MR) is 168 cm³/mol. The van der Waals surface area contributed by atoms with Gasteiger partial charge in [-0.2, -0.15) is 0 Å². The minimum absolute atomic E-state index is 0.0441. The van der Waals surface area contributed by atoms with Gasteiger partial charge in [0.05, 0.1) is 39.1 Å². The smallest absolute Gasteiger partial charge is 0.338 e. The second kappa shape index (κ2) is 13.0. The predicted octanol–water partition coefficient (Wildman–Crippen LogP) is 5.52. The molecule has 10 heteroatoms. The lowest BCUT2D eigenvalue weighted by Gasteiger charge is -2.25. The number of benzene rings is 3. The number of hydrogen-bond donors (Lipinski definition) is 0. The Balaban J connectivity index is 1.60. The molecule has 1 aliphatic heterocycles. The molecule has 0 unspecified atom stereocenters. The summed E-state index contributed by atoms with van der Waals surface area (Å²) in [6.07, 6.45) is 2.29. The second-order valence-corrected chi connectivity index (χ2v) is 11.5. The lowest BCUT2D eigenvalue weighted by Crippen LogP contribution is -2.40. The second-order valence-electron chi connectivity index (χ2n) is 9.34. The highest BCUT2D eigenvalue weighted by Crippen LogP contribution is 2.36. The highest BCUT2D eigenvalue weighted by molar-refractivity contribution is 14.1. The Morgan fingerprint density at radius 1 is 1.10 bits per heavy atom. The maximum Gasteiger partial charge on any atom is 0.338 e. The molecule has 1 atom stereocenters. The Kier molecular flexibility index (Phi) is 9.22. The normalized spacial score (nSPS) is 14.8. The topological polar surface area (TPSA) is 79.1 Å². The molecule has 2 heterocycles. The highest BCUT2D eigenvalue weighted by atomic mass is 127. The zero-order valence-corrected chi connectivity index (χ0v) is 26.2. The van der Waals surface area contributed by atoms with Gasteiger partial charge in [0, 0.05) is 5.56 Å². The minimum Gasteiger partial charge on any atom is -0.490 e. The Morgan fingerprint density at radius 2 is 1.83 bits per heavy atom. The van der Waals surface area contributed by atoms with Gasteiger partial charge in [-0.15, -0.1) is 0 Å². The van der Waals surface area contributed by atoms with Crippen molar-refractivity contribution in [3.63, 3.8) is 0 Å². The molecule has 7 nitrogen and oxygen atoms in total. The first-order valence-electron chi connectivity index (χ1n) is 13.4. The molecule has 0 saturated carbocycles. The molecule has 0 amide bonds. The number of allylic oxidation sites excluding steroid dienone is 1. The molecule has 0 spiro atoms. The van der Waals surface area contributed by atoms with Gasteiger partial charge in [0.25, 0.3) is 5.56 Å². The summed E-state index contributed by atoms with van der Waals surface area (Å²) in [5, 5.41) is 0. The number of hydrogen-bond acceptors (Lipinski definition) is 7.